The predicted octanol–water partition coefficient (Wildman–Crippen LogP) is 2.12. The molecule has 3 heterocycles. The second-order valence-electron chi connectivity index (χ2n) is 9.72. The van der Waals surface area contributed by atoms with Crippen molar-refractivity contribution in [2.75, 3.05) is 31.9 Å². The van der Waals surface area contributed by atoms with E-state index in [1.54, 1.807) is 30.3 Å². The molecule has 0 bridgehead atoms. The van der Waals surface area contributed by atoms with Crippen LogP contribution in [-0.4, -0.2) is 59.2 Å². The molecular weight excluding hydrogens is 542 g/mol. The van der Waals surface area contributed by atoms with Crippen LogP contribution in [0.2, 0.25) is 0 Å². The molecule has 0 aliphatic carbocycles. The predicted molar refractivity (Wildman–Crippen MR) is 154 cm³/mol. The molecule has 2 amide bonds. The number of rotatable bonds is 11. The number of anilines is 2. The lowest BCUT2D eigenvalue weighted by Crippen LogP contribution is -2.42. The van der Waals surface area contributed by atoms with Gasteiger partial charge in [0.05, 0.1) is 12.5 Å². The number of nitrogens with two attached hydrogens (primary N) is 2. The molecule has 4 aromatic rings. The molecule has 0 fully saturated rings. The number of amides is 2. The maximum atomic E-state index is 12.9. The quantitative estimate of drug-likeness (QED) is 0.131. The van der Waals surface area contributed by atoms with E-state index in [4.69, 9.17) is 25.7 Å². The van der Waals surface area contributed by atoms with Crippen LogP contribution in [0.15, 0.2) is 48.7 Å². The van der Waals surface area contributed by atoms with E-state index in [9.17, 15) is 14.4 Å². The van der Waals surface area contributed by atoms with Gasteiger partial charge >= 0.3 is 5.97 Å². The zero-order valence-corrected chi connectivity index (χ0v) is 22.9. The maximum Gasteiger partial charge on any atom is 0.328 e. The number of carbonyl (C=O) groups excluding carboxylic acids is 3. The average molecular weight is 574 g/mol. The van der Waals surface area contributed by atoms with Crippen LogP contribution >= 0.6 is 0 Å². The molecule has 218 valence electrons. The van der Waals surface area contributed by atoms with Gasteiger partial charge in [-0.25, -0.2) is 4.79 Å². The third-order valence-electron chi connectivity index (χ3n) is 6.94. The van der Waals surface area contributed by atoms with Gasteiger partial charge in [-0.2, -0.15) is 9.97 Å². The molecular formula is C29H31N7O6. The Morgan fingerprint density at radius 2 is 1.76 bits per heavy atom. The number of aromatic nitrogens is 3. The minimum absolute atomic E-state index is 0.112. The minimum Gasteiger partial charge on any atom is -0.467 e. The molecule has 0 saturated heterocycles. The van der Waals surface area contributed by atoms with Crippen LogP contribution in [0.4, 0.5) is 11.8 Å². The Morgan fingerprint density at radius 1 is 1.00 bits per heavy atom. The van der Waals surface area contributed by atoms with E-state index in [1.807, 2.05) is 18.3 Å². The molecule has 0 spiro atoms. The van der Waals surface area contributed by atoms with Crippen molar-refractivity contribution < 1.29 is 28.6 Å². The molecule has 1 atom stereocenters. The monoisotopic (exact) mass is 573 g/mol. The highest BCUT2D eigenvalue weighted by Gasteiger charge is 2.22. The first-order valence-electron chi connectivity index (χ1n) is 13.4. The Bertz CT molecular complexity index is 1620. The van der Waals surface area contributed by atoms with Crippen LogP contribution in [0.3, 0.4) is 0 Å². The number of nitrogens with one attached hydrogen (secondary N) is 3. The van der Waals surface area contributed by atoms with Crippen LogP contribution < -0.4 is 31.6 Å². The molecule has 2 aromatic carbocycles. The minimum atomic E-state index is -0.867. The van der Waals surface area contributed by atoms with Crippen molar-refractivity contribution in [3.8, 4) is 11.5 Å². The van der Waals surface area contributed by atoms with Gasteiger partial charge in [-0.1, -0.05) is 12.1 Å². The molecule has 42 heavy (non-hydrogen) atoms. The van der Waals surface area contributed by atoms with E-state index in [-0.39, 0.29) is 25.1 Å². The van der Waals surface area contributed by atoms with E-state index in [2.05, 4.69) is 25.6 Å². The van der Waals surface area contributed by atoms with Crippen molar-refractivity contribution in [3.63, 3.8) is 0 Å². The number of nitrogen functional groups attached to an aromatic ring is 2. The summed E-state index contributed by atoms with van der Waals surface area (Å²) >= 11 is 0. The summed E-state index contributed by atoms with van der Waals surface area (Å²) < 4.78 is 15.4. The fourth-order valence-corrected chi connectivity index (χ4v) is 4.72. The van der Waals surface area contributed by atoms with Gasteiger partial charge in [0.1, 0.15) is 17.5 Å². The number of carbonyl (C=O) groups is 3. The molecule has 1 aliphatic rings. The standard InChI is InChI=1S/C29H31N7O6/c1-40-28(39)20(3-2-12-32-26(37)18-10-11-21-22(13-18)42-15-41-21)34-27(38)17-7-4-16(5-8-17)6-9-19-14-33-25-23(19)24(30)35-29(31)36-25/h4-5,7-8,10-11,13-14,20H,2-3,6,9,12,15H2,1H3,(H,32,37)(H,34,38)(H5,30,31,33,35,36)/t20-/m0/s1. The Balaban J connectivity index is 1.11. The lowest BCUT2D eigenvalue weighted by atomic mass is 10.0. The van der Waals surface area contributed by atoms with Gasteiger partial charge < -0.3 is 41.3 Å². The molecule has 0 radical (unpaired) electrons. The summed E-state index contributed by atoms with van der Waals surface area (Å²) in [5.41, 5.74) is 15.1. The van der Waals surface area contributed by atoms with Gasteiger partial charge in [0.2, 0.25) is 12.7 Å². The summed E-state index contributed by atoms with van der Waals surface area (Å²) in [6.07, 6.45) is 3.93. The molecule has 13 nitrogen and oxygen atoms in total. The molecule has 7 N–H and O–H groups in total. The van der Waals surface area contributed by atoms with Gasteiger partial charge in [-0.3, -0.25) is 9.59 Å². The van der Waals surface area contributed by atoms with E-state index in [0.717, 1.165) is 16.5 Å². The molecule has 5 rings (SSSR count). The van der Waals surface area contributed by atoms with Gasteiger partial charge in [0.15, 0.2) is 11.5 Å². The summed E-state index contributed by atoms with van der Waals surface area (Å²) in [6, 6.07) is 11.2. The molecule has 0 unspecified atom stereocenters. The maximum absolute atomic E-state index is 12.9. The van der Waals surface area contributed by atoms with Crippen molar-refractivity contribution in [1.82, 2.24) is 25.6 Å². The lowest BCUT2D eigenvalue weighted by Gasteiger charge is -2.17. The first-order valence-corrected chi connectivity index (χ1v) is 13.4. The summed E-state index contributed by atoms with van der Waals surface area (Å²) in [7, 11) is 1.26. The zero-order valence-electron chi connectivity index (χ0n) is 22.9. The van der Waals surface area contributed by atoms with Crippen molar-refractivity contribution in [2.45, 2.75) is 31.7 Å². The molecule has 13 heteroatoms. The number of hydrogen-bond acceptors (Lipinski definition) is 10. The number of ether oxygens (including phenoxy) is 3. The van der Waals surface area contributed by atoms with Crippen molar-refractivity contribution in [1.29, 1.82) is 0 Å². The zero-order chi connectivity index (χ0) is 29.6. The highest BCUT2D eigenvalue weighted by molar-refractivity contribution is 5.97. The van der Waals surface area contributed by atoms with E-state index in [1.165, 1.54) is 7.11 Å². The second kappa shape index (κ2) is 12.5. The van der Waals surface area contributed by atoms with Crippen LogP contribution in [0.1, 0.15) is 44.7 Å². The average Bonchev–Trinajstić information content (AvgIpc) is 3.63. The van der Waals surface area contributed by atoms with Gasteiger partial charge in [0.25, 0.3) is 11.8 Å². The number of hydrogen-bond donors (Lipinski definition) is 5. The highest BCUT2D eigenvalue weighted by Crippen LogP contribution is 2.32. The van der Waals surface area contributed by atoms with Crippen molar-refractivity contribution in [3.05, 3.63) is 70.9 Å². The third kappa shape index (κ3) is 6.35. The molecule has 1 aliphatic heterocycles. The van der Waals surface area contributed by atoms with Crippen molar-refractivity contribution in [2.24, 2.45) is 0 Å². The van der Waals surface area contributed by atoms with Gasteiger partial charge in [-0.05, 0) is 67.1 Å². The molecule has 2 aromatic heterocycles. The number of aryl methyl sites for hydroxylation is 2. The van der Waals surface area contributed by atoms with E-state index in [0.29, 0.717) is 59.9 Å². The number of methoxy groups -OCH3 is 1. The van der Waals surface area contributed by atoms with E-state index >= 15 is 0 Å². The lowest BCUT2D eigenvalue weighted by molar-refractivity contribution is -0.143. The van der Waals surface area contributed by atoms with Crippen LogP contribution in [0.25, 0.3) is 11.0 Å². The van der Waals surface area contributed by atoms with Gasteiger partial charge in [-0.15, -0.1) is 0 Å². The Hall–Kier alpha value is -5.33. The number of nitrogens with zero attached hydrogens (tertiary/aromatic N) is 2. The topological polar surface area (TPSA) is 197 Å². The number of esters is 1. The Kier molecular flexibility index (Phi) is 8.37. The van der Waals surface area contributed by atoms with Gasteiger partial charge in [0, 0.05) is 23.9 Å². The summed E-state index contributed by atoms with van der Waals surface area (Å²) in [5.74, 6) is 0.305. The first-order chi connectivity index (χ1) is 20.3. The van der Waals surface area contributed by atoms with Crippen LogP contribution in [-0.2, 0) is 22.4 Å². The van der Waals surface area contributed by atoms with Crippen molar-refractivity contribution >= 4 is 40.6 Å². The summed E-state index contributed by atoms with van der Waals surface area (Å²) in [4.78, 5) is 49.0. The normalized spacial score (nSPS) is 12.6. The fourth-order valence-electron chi connectivity index (χ4n) is 4.72. The second-order valence-corrected chi connectivity index (χ2v) is 9.72. The highest BCUT2D eigenvalue weighted by atomic mass is 16.7. The number of fused-ring (bicyclic) bond motifs is 2. The van der Waals surface area contributed by atoms with Crippen LogP contribution in [0, 0.1) is 0 Å². The largest absolute Gasteiger partial charge is 0.467 e. The Labute approximate surface area is 240 Å². The Morgan fingerprint density at radius 3 is 2.55 bits per heavy atom. The van der Waals surface area contributed by atoms with E-state index < -0.39 is 17.9 Å². The SMILES string of the molecule is COC(=O)[C@H](CCCNC(=O)c1ccc2c(c1)OCO2)NC(=O)c1ccc(CCc2c[nH]c3nc(N)nc(N)c23)cc1. The smallest absolute Gasteiger partial charge is 0.328 e. The number of benzene rings is 2. The third-order valence-corrected chi connectivity index (χ3v) is 6.94. The fraction of sp³-hybridized carbons (Fsp3) is 0.276. The number of H-pyrrole nitrogens is 1. The molecule has 0 saturated carbocycles. The first kappa shape index (κ1) is 28.2. The van der Waals surface area contributed by atoms with Crippen LogP contribution in [0.5, 0.6) is 11.5 Å². The summed E-state index contributed by atoms with van der Waals surface area (Å²) in [5, 5.41) is 6.30. The summed E-state index contributed by atoms with van der Waals surface area (Å²) in [6.45, 7) is 0.423. The number of aromatic amines is 1.